The summed E-state index contributed by atoms with van der Waals surface area (Å²) >= 11 is 5.72. The quantitative estimate of drug-likeness (QED) is 0.839. The number of rotatable bonds is 5. The second kappa shape index (κ2) is 6.71. The molecule has 1 aromatic carbocycles. The first-order valence-corrected chi connectivity index (χ1v) is 6.18. The molecule has 0 amide bonds. The molecular formula is C13H16ClFO3. The van der Waals surface area contributed by atoms with E-state index in [9.17, 15) is 14.3 Å². The van der Waals surface area contributed by atoms with Crippen LogP contribution < -0.4 is 0 Å². The number of carbonyl (C=O) groups is 1. The van der Waals surface area contributed by atoms with Crippen molar-refractivity contribution in [2.75, 3.05) is 6.61 Å². The van der Waals surface area contributed by atoms with E-state index in [1.807, 2.05) is 0 Å². The first-order valence-electron chi connectivity index (χ1n) is 5.80. The minimum absolute atomic E-state index is 0.183. The van der Waals surface area contributed by atoms with E-state index in [2.05, 4.69) is 0 Å². The smallest absolute Gasteiger partial charge is 0.311 e. The Morgan fingerprint density at radius 1 is 1.44 bits per heavy atom. The lowest BCUT2D eigenvalue weighted by Crippen LogP contribution is -2.24. The van der Waals surface area contributed by atoms with Crippen LogP contribution in [0.1, 0.15) is 31.9 Å². The number of ether oxygens (including phenoxy) is 1. The Bertz CT molecular complexity index is 402. The standard InChI is InChI=1S/C13H16ClFO3/c1-3-11(13(17)18-4-2)12(16)8-5-9(14)7-10(15)6-8/h5-7,11-12,16H,3-4H2,1-2H3. The molecule has 0 aromatic heterocycles. The molecule has 5 heteroatoms. The largest absolute Gasteiger partial charge is 0.466 e. The highest BCUT2D eigenvalue weighted by Crippen LogP contribution is 2.28. The van der Waals surface area contributed by atoms with E-state index < -0.39 is 23.8 Å². The molecule has 0 fully saturated rings. The zero-order valence-electron chi connectivity index (χ0n) is 10.3. The van der Waals surface area contributed by atoms with Crippen molar-refractivity contribution in [2.24, 2.45) is 5.92 Å². The highest BCUT2D eigenvalue weighted by atomic mass is 35.5. The fourth-order valence-corrected chi connectivity index (χ4v) is 1.98. The summed E-state index contributed by atoms with van der Waals surface area (Å²) in [7, 11) is 0. The maximum absolute atomic E-state index is 13.2. The average Bonchev–Trinajstić information content (AvgIpc) is 2.28. The van der Waals surface area contributed by atoms with Gasteiger partial charge in [-0.1, -0.05) is 18.5 Å². The number of carbonyl (C=O) groups excluding carboxylic acids is 1. The maximum atomic E-state index is 13.2. The Balaban J connectivity index is 2.95. The van der Waals surface area contributed by atoms with Crippen molar-refractivity contribution in [3.05, 3.63) is 34.6 Å². The Labute approximate surface area is 111 Å². The zero-order valence-corrected chi connectivity index (χ0v) is 11.1. The van der Waals surface area contributed by atoms with Gasteiger partial charge >= 0.3 is 5.97 Å². The van der Waals surface area contributed by atoms with Gasteiger partial charge in [0, 0.05) is 5.02 Å². The van der Waals surface area contributed by atoms with Crippen LogP contribution in [0.2, 0.25) is 5.02 Å². The molecule has 0 radical (unpaired) electrons. The van der Waals surface area contributed by atoms with Gasteiger partial charge in [0.15, 0.2) is 0 Å². The van der Waals surface area contributed by atoms with Gasteiger partial charge in [-0.25, -0.2) is 4.39 Å². The molecule has 18 heavy (non-hydrogen) atoms. The second-order valence-electron chi connectivity index (χ2n) is 3.91. The SMILES string of the molecule is CCOC(=O)C(CC)C(O)c1cc(F)cc(Cl)c1. The molecule has 1 N–H and O–H groups in total. The van der Waals surface area contributed by atoms with Crippen molar-refractivity contribution in [1.82, 2.24) is 0 Å². The predicted octanol–water partition coefficient (Wildman–Crippen LogP) is 3.10. The van der Waals surface area contributed by atoms with E-state index in [0.717, 1.165) is 6.07 Å². The molecule has 0 aliphatic heterocycles. The third kappa shape index (κ3) is 3.68. The molecule has 100 valence electrons. The number of hydrogen-bond acceptors (Lipinski definition) is 3. The molecule has 1 aromatic rings. The van der Waals surface area contributed by atoms with Crippen LogP contribution in [0.4, 0.5) is 4.39 Å². The third-order valence-electron chi connectivity index (χ3n) is 2.64. The van der Waals surface area contributed by atoms with E-state index in [0.29, 0.717) is 6.42 Å². The zero-order chi connectivity index (χ0) is 13.7. The molecule has 0 saturated carbocycles. The van der Waals surface area contributed by atoms with Crippen LogP contribution in [0.3, 0.4) is 0 Å². The highest BCUT2D eigenvalue weighted by molar-refractivity contribution is 6.30. The fourth-order valence-electron chi connectivity index (χ4n) is 1.75. The normalized spacial score (nSPS) is 14.1. The number of esters is 1. The van der Waals surface area contributed by atoms with Crippen LogP contribution in [0.15, 0.2) is 18.2 Å². The minimum Gasteiger partial charge on any atom is -0.466 e. The van der Waals surface area contributed by atoms with Crippen LogP contribution in [-0.4, -0.2) is 17.7 Å². The average molecular weight is 275 g/mol. The molecule has 0 aliphatic rings. The topological polar surface area (TPSA) is 46.5 Å². The van der Waals surface area contributed by atoms with Crippen molar-refractivity contribution in [1.29, 1.82) is 0 Å². The third-order valence-corrected chi connectivity index (χ3v) is 2.85. The van der Waals surface area contributed by atoms with Crippen molar-refractivity contribution < 1.29 is 19.0 Å². The van der Waals surface area contributed by atoms with E-state index >= 15 is 0 Å². The molecule has 3 nitrogen and oxygen atoms in total. The van der Waals surface area contributed by atoms with Crippen molar-refractivity contribution in [3.63, 3.8) is 0 Å². The summed E-state index contributed by atoms with van der Waals surface area (Å²) in [4.78, 5) is 11.6. The fraction of sp³-hybridized carbons (Fsp3) is 0.462. The van der Waals surface area contributed by atoms with Gasteiger partial charge in [-0.2, -0.15) is 0 Å². The number of aliphatic hydroxyl groups excluding tert-OH is 1. The van der Waals surface area contributed by atoms with E-state index in [4.69, 9.17) is 16.3 Å². The van der Waals surface area contributed by atoms with Gasteiger partial charge in [-0.15, -0.1) is 0 Å². The Kier molecular flexibility index (Phi) is 5.56. The Hall–Kier alpha value is -1.13. The Morgan fingerprint density at radius 2 is 2.11 bits per heavy atom. The lowest BCUT2D eigenvalue weighted by atomic mass is 9.93. The molecule has 2 unspecified atom stereocenters. The van der Waals surface area contributed by atoms with Gasteiger partial charge in [0.1, 0.15) is 5.82 Å². The molecule has 0 bridgehead atoms. The highest BCUT2D eigenvalue weighted by Gasteiger charge is 2.28. The summed E-state index contributed by atoms with van der Waals surface area (Å²) in [6, 6.07) is 3.75. The molecule has 2 atom stereocenters. The summed E-state index contributed by atoms with van der Waals surface area (Å²) in [5.41, 5.74) is 0.278. The predicted molar refractivity (Wildman–Crippen MR) is 66.8 cm³/mol. The number of halogens is 2. The summed E-state index contributed by atoms with van der Waals surface area (Å²) in [5, 5.41) is 10.3. The lowest BCUT2D eigenvalue weighted by molar-refractivity contribution is -0.152. The van der Waals surface area contributed by atoms with E-state index in [1.54, 1.807) is 13.8 Å². The molecule has 0 heterocycles. The first kappa shape index (κ1) is 14.9. The monoisotopic (exact) mass is 274 g/mol. The number of benzene rings is 1. The molecule has 0 saturated heterocycles. The van der Waals surface area contributed by atoms with Gasteiger partial charge in [0.05, 0.1) is 18.6 Å². The number of aliphatic hydroxyl groups is 1. The van der Waals surface area contributed by atoms with Crippen molar-refractivity contribution in [2.45, 2.75) is 26.4 Å². The molecular weight excluding hydrogens is 259 g/mol. The summed E-state index contributed by atoms with van der Waals surface area (Å²) in [5.74, 6) is -1.76. The van der Waals surface area contributed by atoms with Gasteiger partial charge in [-0.3, -0.25) is 4.79 Å². The summed E-state index contributed by atoms with van der Waals surface area (Å²) in [6.07, 6.45) is -0.726. The van der Waals surface area contributed by atoms with E-state index in [1.165, 1.54) is 12.1 Å². The van der Waals surface area contributed by atoms with Crippen molar-refractivity contribution in [3.8, 4) is 0 Å². The van der Waals surface area contributed by atoms with E-state index in [-0.39, 0.29) is 17.2 Å². The maximum Gasteiger partial charge on any atom is 0.311 e. The Morgan fingerprint density at radius 3 is 2.61 bits per heavy atom. The lowest BCUT2D eigenvalue weighted by Gasteiger charge is -2.20. The van der Waals surface area contributed by atoms with Gasteiger partial charge in [0.25, 0.3) is 0 Å². The van der Waals surface area contributed by atoms with Crippen LogP contribution in [0, 0.1) is 11.7 Å². The minimum atomic E-state index is -1.12. The van der Waals surface area contributed by atoms with Gasteiger partial charge in [0.2, 0.25) is 0 Å². The number of hydrogen-bond donors (Lipinski definition) is 1. The molecule has 0 aliphatic carbocycles. The van der Waals surface area contributed by atoms with Crippen LogP contribution in [-0.2, 0) is 9.53 Å². The second-order valence-corrected chi connectivity index (χ2v) is 4.35. The first-order chi connectivity index (χ1) is 8.49. The summed E-state index contributed by atoms with van der Waals surface area (Å²) in [6.45, 7) is 3.69. The van der Waals surface area contributed by atoms with Gasteiger partial charge in [-0.05, 0) is 37.1 Å². The molecule has 0 spiro atoms. The molecule has 1 rings (SSSR count). The summed E-state index contributed by atoms with van der Waals surface area (Å²) < 4.78 is 18.1. The van der Waals surface area contributed by atoms with Crippen LogP contribution >= 0.6 is 11.6 Å². The van der Waals surface area contributed by atoms with Gasteiger partial charge < -0.3 is 9.84 Å². The van der Waals surface area contributed by atoms with Crippen molar-refractivity contribution >= 4 is 17.6 Å². The van der Waals surface area contributed by atoms with Crippen LogP contribution in [0.25, 0.3) is 0 Å². The van der Waals surface area contributed by atoms with Crippen LogP contribution in [0.5, 0.6) is 0 Å².